The number of imidazole rings is 1. The van der Waals surface area contributed by atoms with Gasteiger partial charge in [-0.1, -0.05) is 32.0 Å². The van der Waals surface area contributed by atoms with Crippen LogP contribution in [0.3, 0.4) is 0 Å². The summed E-state index contributed by atoms with van der Waals surface area (Å²) in [6.07, 6.45) is 2.04. The Balaban J connectivity index is 1.63. The number of piperazine rings is 1. The van der Waals surface area contributed by atoms with Gasteiger partial charge in [-0.15, -0.1) is 0 Å². The number of pyridine rings is 2. The summed E-state index contributed by atoms with van der Waals surface area (Å²) < 4.78 is 2.25. The normalized spacial score (nSPS) is 14.4. The number of anilines is 2. The third-order valence-corrected chi connectivity index (χ3v) is 6.95. The van der Waals surface area contributed by atoms with Gasteiger partial charge in [0, 0.05) is 31.9 Å². The summed E-state index contributed by atoms with van der Waals surface area (Å²) in [6.45, 7) is 12.3. The summed E-state index contributed by atoms with van der Waals surface area (Å²) in [7, 11) is 0. The maximum absolute atomic E-state index is 10.1. The average Bonchev–Trinajstić information content (AvgIpc) is 3.21. The summed E-state index contributed by atoms with van der Waals surface area (Å²) >= 11 is 0. The van der Waals surface area contributed by atoms with Crippen LogP contribution < -0.4 is 9.80 Å². The third-order valence-electron chi connectivity index (χ3n) is 6.95. The lowest BCUT2D eigenvalue weighted by Crippen LogP contribution is -2.47. The van der Waals surface area contributed by atoms with Gasteiger partial charge >= 0.3 is 0 Å². The minimum atomic E-state index is 0.595. The molecule has 0 amide bonds. The van der Waals surface area contributed by atoms with Crippen molar-refractivity contribution in [1.82, 2.24) is 14.4 Å². The van der Waals surface area contributed by atoms with Gasteiger partial charge in [0.1, 0.15) is 17.7 Å². The van der Waals surface area contributed by atoms with E-state index in [0.717, 1.165) is 72.8 Å². The largest absolute Gasteiger partial charge is 0.354 e. The number of aryl methyl sites for hydroxylation is 1. The van der Waals surface area contributed by atoms with Crippen LogP contribution in [0.2, 0.25) is 0 Å². The number of para-hydroxylation sites is 2. The van der Waals surface area contributed by atoms with Crippen LogP contribution in [0.1, 0.15) is 42.7 Å². The molecular formula is C28H32N6. The summed E-state index contributed by atoms with van der Waals surface area (Å²) in [5, 5.41) is 10.1. The van der Waals surface area contributed by atoms with E-state index < -0.39 is 0 Å². The van der Waals surface area contributed by atoms with Crippen molar-refractivity contribution >= 4 is 28.3 Å². The first kappa shape index (κ1) is 22.2. The molecule has 4 heterocycles. The summed E-state index contributed by atoms with van der Waals surface area (Å²) in [5.74, 6) is 2.85. The Morgan fingerprint density at radius 2 is 1.68 bits per heavy atom. The Kier molecular flexibility index (Phi) is 5.87. The average molecular weight is 453 g/mol. The Bertz CT molecular complexity index is 1390. The zero-order chi connectivity index (χ0) is 23.8. The molecule has 6 heteroatoms. The first-order valence-corrected chi connectivity index (χ1v) is 12.2. The smallest absolute Gasteiger partial charge is 0.157 e. The van der Waals surface area contributed by atoms with Crippen molar-refractivity contribution in [2.24, 2.45) is 5.92 Å². The van der Waals surface area contributed by atoms with E-state index in [0.29, 0.717) is 11.5 Å². The lowest BCUT2D eigenvalue weighted by molar-refractivity contribution is 0.580. The van der Waals surface area contributed by atoms with Crippen LogP contribution in [0.25, 0.3) is 16.7 Å². The standard InChI is InChI=1S/C28H32N6/c1-19(2)12-13-22-21(4)23(18-29)27-31-24-9-5-6-10-25(24)34(27)28(22)33-16-14-32(15-17-33)26-11-7-8-20(3)30-26/h5-11,19H,12-17H2,1-4H3. The third kappa shape index (κ3) is 3.86. The molecule has 6 nitrogen and oxygen atoms in total. The first-order valence-electron chi connectivity index (χ1n) is 12.2. The highest BCUT2D eigenvalue weighted by Gasteiger charge is 2.27. The quantitative estimate of drug-likeness (QED) is 0.412. The van der Waals surface area contributed by atoms with E-state index in [4.69, 9.17) is 9.97 Å². The summed E-state index contributed by atoms with van der Waals surface area (Å²) in [5.41, 5.74) is 6.87. The molecule has 1 saturated heterocycles. The Labute approximate surface area is 201 Å². The Morgan fingerprint density at radius 3 is 2.38 bits per heavy atom. The predicted molar refractivity (Wildman–Crippen MR) is 139 cm³/mol. The molecular weight excluding hydrogens is 420 g/mol. The highest BCUT2D eigenvalue weighted by Crippen LogP contribution is 2.35. The number of hydrogen-bond acceptors (Lipinski definition) is 5. The lowest BCUT2D eigenvalue weighted by Gasteiger charge is -2.38. The van der Waals surface area contributed by atoms with Crippen LogP contribution in [0.4, 0.5) is 11.6 Å². The number of benzene rings is 1. The fraction of sp³-hybridized carbons (Fsp3) is 0.393. The molecule has 0 atom stereocenters. The van der Waals surface area contributed by atoms with Crippen molar-refractivity contribution in [3.05, 3.63) is 64.8 Å². The second-order valence-electron chi connectivity index (χ2n) is 9.72. The van der Waals surface area contributed by atoms with Crippen LogP contribution in [-0.2, 0) is 6.42 Å². The highest BCUT2D eigenvalue weighted by molar-refractivity contribution is 5.86. The minimum absolute atomic E-state index is 0.595. The molecule has 1 aliphatic heterocycles. The van der Waals surface area contributed by atoms with Crippen molar-refractivity contribution in [1.29, 1.82) is 5.26 Å². The molecule has 1 aliphatic rings. The zero-order valence-electron chi connectivity index (χ0n) is 20.5. The topological polar surface area (TPSA) is 60.5 Å². The van der Waals surface area contributed by atoms with Gasteiger partial charge in [-0.25, -0.2) is 9.97 Å². The molecule has 0 N–H and O–H groups in total. The van der Waals surface area contributed by atoms with Crippen LogP contribution in [0.5, 0.6) is 0 Å². The van der Waals surface area contributed by atoms with Gasteiger partial charge in [-0.3, -0.25) is 4.40 Å². The van der Waals surface area contributed by atoms with E-state index >= 15 is 0 Å². The first-order chi connectivity index (χ1) is 16.5. The van der Waals surface area contributed by atoms with Gasteiger partial charge in [0.25, 0.3) is 0 Å². The van der Waals surface area contributed by atoms with Crippen molar-refractivity contribution in [2.75, 3.05) is 36.0 Å². The molecule has 1 aromatic carbocycles. The van der Waals surface area contributed by atoms with Crippen LogP contribution in [-0.4, -0.2) is 40.5 Å². The van der Waals surface area contributed by atoms with E-state index in [1.165, 1.54) is 11.4 Å². The number of fused-ring (bicyclic) bond motifs is 3. The number of nitrogens with zero attached hydrogens (tertiary/aromatic N) is 6. The molecule has 0 spiro atoms. The lowest BCUT2D eigenvalue weighted by atomic mass is 9.96. The zero-order valence-corrected chi connectivity index (χ0v) is 20.5. The van der Waals surface area contributed by atoms with Gasteiger partial charge in [0.15, 0.2) is 5.65 Å². The van der Waals surface area contributed by atoms with Crippen molar-refractivity contribution in [3.8, 4) is 6.07 Å². The van der Waals surface area contributed by atoms with Crippen molar-refractivity contribution in [2.45, 2.75) is 40.5 Å². The molecule has 0 radical (unpaired) electrons. The maximum atomic E-state index is 10.1. The van der Waals surface area contributed by atoms with E-state index in [-0.39, 0.29) is 0 Å². The molecule has 1 fully saturated rings. The van der Waals surface area contributed by atoms with Crippen molar-refractivity contribution < 1.29 is 0 Å². The number of aromatic nitrogens is 3. The molecule has 3 aromatic heterocycles. The monoisotopic (exact) mass is 452 g/mol. The summed E-state index contributed by atoms with van der Waals surface area (Å²) in [4.78, 5) is 14.5. The van der Waals surface area contributed by atoms with Crippen LogP contribution in [0, 0.1) is 31.1 Å². The number of rotatable bonds is 5. The van der Waals surface area contributed by atoms with Gasteiger partial charge < -0.3 is 9.80 Å². The van der Waals surface area contributed by atoms with Crippen LogP contribution >= 0.6 is 0 Å². The van der Waals surface area contributed by atoms with Crippen LogP contribution in [0.15, 0.2) is 42.5 Å². The molecule has 0 unspecified atom stereocenters. The Morgan fingerprint density at radius 1 is 0.941 bits per heavy atom. The fourth-order valence-corrected chi connectivity index (χ4v) is 5.08. The molecule has 0 aliphatic carbocycles. The number of nitriles is 1. The molecule has 4 aromatic rings. The highest BCUT2D eigenvalue weighted by atomic mass is 15.3. The minimum Gasteiger partial charge on any atom is -0.354 e. The molecule has 0 bridgehead atoms. The fourth-order valence-electron chi connectivity index (χ4n) is 5.08. The number of hydrogen-bond donors (Lipinski definition) is 0. The van der Waals surface area contributed by atoms with E-state index in [1.807, 2.05) is 25.1 Å². The molecule has 34 heavy (non-hydrogen) atoms. The molecule has 0 saturated carbocycles. The van der Waals surface area contributed by atoms with Gasteiger partial charge in [0.05, 0.1) is 16.6 Å². The molecule has 5 rings (SSSR count). The SMILES string of the molecule is Cc1cccc(N2CCN(c3c(CCC(C)C)c(C)c(C#N)c4nc5ccccc5n34)CC2)n1. The second kappa shape index (κ2) is 8.98. The molecule has 174 valence electrons. The second-order valence-corrected chi connectivity index (χ2v) is 9.72. The Hall–Kier alpha value is -3.59. The van der Waals surface area contributed by atoms with Gasteiger partial charge in [-0.05, 0) is 68.0 Å². The predicted octanol–water partition coefficient (Wildman–Crippen LogP) is 5.29. The van der Waals surface area contributed by atoms with E-state index in [1.54, 1.807) is 0 Å². The maximum Gasteiger partial charge on any atom is 0.157 e. The van der Waals surface area contributed by atoms with Crippen molar-refractivity contribution in [3.63, 3.8) is 0 Å². The summed E-state index contributed by atoms with van der Waals surface area (Å²) in [6, 6.07) is 16.9. The van der Waals surface area contributed by atoms with E-state index in [9.17, 15) is 5.26 Å². The van der Waals surface area contributed by atoms with Gasteiger partial charge in [-0.2, -0.15) is 5.26 Å². The van der Waals surface area contributed by atoms with E-state index in [2.05, 4.69) is 65.3 Å². The van der Waals surface area contributed by atoms with Gasteiger partial charge in [0.2, 0.25) is 0 Å².